The van der Waals surface area contributed by atoms with Crippen LogP contribution < -0.4 is 9.47 Å². The number of hydrogen-bond donors (Lipinski definition) is 1. The molecule has 1 aromatic carbocycles. The lowest BCUT2D eigenvalue weighted by Crippen LogP contribution is -2.72. The maximum absolute atomic E-state index is 11.9. The SMILES string of the molecule is COc1ccc2c3c1O[C@@H]1[C@]34CCN(C)[C@H](C2)[C@@H]4C=C[C@]1(O)[Si](C)(C)C. The van der Waals surface area contributed by atoms with Crippen molar-refractivity contribution in [3.8, 4) is 11.5 Å². The molecule has 1 aromatic rings. The van der Waals surface area contributed by atoms with Crippen LogP contribution in [0.15, 0.2) is 24.3 Å². The summed E-state index contributed by atoms with van der Waals surface area (Å²) >= 11 is 0. The van der Waals surface area contributed by atoms with Crippen molar-refractivity contribution >= 4 is 8.07 Å². The zero-order valence-corrected chi connectivity index (χ0v) is 17.4. The van der Waals surface area contributed by atoms with E-state index in [0.717, 1.165) is 30.9 Å². The molecule has 0 unspecified atom stereocenters. The summed E-state index contributed by atoms with van der Waals surface area (Å²) in [6, 6.07) is 4.74. The van der Waals surface area contributed by atoms with Crippen molar-refractivity contribution in [2.45, 2.75) is 55.3 Å². The van der Waals surface area contributed by atoms with Gasteiger partial charge in [-0.05, 0) is 38.1 Å². The van der Waals surface area contributed by atoms with Gasteiger partial charge in [0, 0.05) is 22.9 Å². The van der Waals surface area contributed by atoms with Crippen LogP contribution in [0.25, 0.3) is 0 Å². The minimum Gasteiger partial charge on any atom is -0.493 e. The second-order valence-corrected chi connectivity index (χ2v) is 14.9. The van der Waals surface area contributed by atoms with Crippen LogP contribution in [0, 0.1) is 5.92 Å². The third-order valence-corrected chi connectivity index (χ3v) is 10.5. The van der Waals surface area contributed by atoms with Gasteiger partial charge in [0.15, 0.2) is 11.5 Å². The summed E-state index contributed by atoms with van der Waals surface area (Å²) in [6.07, 6.45) is 6.29. The van der Waals surface area contributed by atoms with Gasteiger partial charge < -0.3 is 19.5 Å². The van der Waals surface area contributed by atoms with Gasteiger partial charge in [-0.1, -0.05) is 37.9 Å². The van der Waals surface area contributed by atoms with Crippen molar-refractivity contribution in [1.29, 1.82) is 0 Å². The second kappa shape index (κ2) is 4.94. The van der Waals surface area contributed by atoms with E-state index in [1.54, 1.807) is 7.11 Å². The van der Waals surface area contributed by atoms with Gasteiger partial charge in [0.25, 0.3) is 0 Å². The fourth-order valence-corrected chi connectivity index (χ4v) is 7.80. The Kier molecular flexibility index (Phi) is 3.20. The molecule has 2 aliphatic carbocycles. The molecule has 2 aliphatic heterocycles. The van der Waals surface area contributed by atoms with E-state index in [-0.39, 0.29) is 11.5 Å². The number of rotatable bonds is 2. The number of hydrogen-bond acceptors (Lipinski definition) is 4. The van der Waals surface area contributed by atoms with E-state index >= 15 is 0 Å². The first-order valence-electron chi connectivity index (χ1n) is 9.73. The number of benzene rings is 1. The van der Waals surface area contributed by atoms with Crippen molar-refractivity contribution < 1.29 is 14.6 Å². The van der Waals surface area contributed by atoms with E-state index in [0.29, 0.717) is 12.0 Å². The van der Waals surface area contributed by atoms with E-state index in [2.05, 4.69) is 49.8 Å². The highest BCUT2D eigenvalue weighted by Crippen LogP contribution is 2.64. The zero-order chi connectivity index (χ0) is 18.5. The highest BCUT2D eigenvalue weighted by atomic mass is 28.3. The summed E-state index contributed by atoms with van der Waals surface area (Å²) in [5.41, 5.74) is 2.58. The van der Waals surface area contributed by atoms with Crippen molar-refractivity contribution in [2.24, 2.45) is 5.92 Å². The fourth-order valence-electron chi connectivity index (χ4n) is 6.10. The van der Waals surface area contributed by atoms with Crippen molar-refractivity contribution in [2.75, 3.05) is 20.7 Å². The number of ether oxygens (including phenoxy) is 2. The first-order chi connectivity index (χ1) is 12.2. The molecule has 1 saturated heterocycles. The standard InChI is InChI=1S/C21H29NO3Si/c1-22-11-10-20-14-8-9-21(23,26(3,4)5)19(20)25-18-16(24-2)7-6-13(17(18)20)12-15(14)22/h6-9,14-15,19,23H,10-12H2,1-5H3/t14-,15+,19+,20-,21-/m0/s1. The third-order valence-electron chi connectivity index (χ3n) is 7.64. The summed E-state index contributed by atoms with van der Waals surface area (Å²) in [4.78, 5) is 2.50. The Balaban J connectivity index is 1.82. The zero-order valence-electron chi connectivity index (χ0n) is 16.4. The van der Waals surface area contributed by atoms with Crippen LogP contribution in [-0.2, 0) is 11.8 Å². The fraction of sp³-hybridized carbons (Fsp3) is 0.619. The van der Waals surface area contributed by atoms with Crippen LogP contribution in [0.5, 0.6) is 11.5 Å². The second-order valence-electron chi connectivity index (χ2n) is 9.63. The third kappa shape index (κ3) is 1.73. The average molecular weight is 372 g/mol. The van der Waals surface area contributed by atoms with E-state index in [9.17, 15) is 5.11 Å². The average Bonchev–Trinajstić information content (AvgIpc) is 2.94. The Bertz CT molecular complexity index is 816. The van der Waals surface area contributed by atoms with Crippen molar-refractivity contribution in [1.82, 2.24) is 4.90 Å². The predicted molar refractivity (Wildman–Crippen MR) is 105 cm³/mol. The van der Waals surface area contributed by atoms with Crippen LogP contribution in [-0.4, -0.2) is 56.2 Å². The monoisotopic (exact) mass is 371 g/mol. The number of methoxy groups -OCH3 is 1. The molecule has 140 valence electrons. The Morgan fingerprint density at radius 1 is 1.31 bits per heavy atom. The molecule has 5 rings (SSSR count). The molecule has 0 saturated carbocycles. The normalized spacial score (nSPS) is 40.2. The van der Waals surface area contributed by atoms with Gasteiger partial charge in [0.2, 0.25) is 0 Å². The van der Waals surface area contributed by atoms with E-state index in [1.807, 2.05) is 6.07 Å². The smallest absolute Gasteiger partial charge is 0.165 e. The van der Waals surface area contributed by atoms with Crippen molar-refractivity contribution in [3.05, 3.63) is 35.4 Å². The van der Waals surface area contributed by atoms with Crippen molar-refractivity contribution in [3.63, 3.8) is 0 Å². The molecule has 0 aromatic heterocycles. The van der Waals surface area contributed by atoms with Gasteiger partial charge in [0.05, 0.1) is 15.2 Å². The lowest BCUT2D eigenvalue weighted by molar-refractivity contribution is -0.0664. The first kappa shape index (κ1) is 16.8. The molecule has 5 atom stereocenters. The van der Waals surface area contributed by atoms with Gasteiger partial charge in [-0.2, -0.15) is 0 Å². The van der Waals surface area contributed by atoms with Crippen LogP contribution in [0.3, 0.4) is 0 Å². The summed E-state index contributed by atoms with van der Waals surface area (Å²) in [7, 11) is 2.01. The molecular weight excluding hydrogens is 342 g/mol. The Labute approximate surface area is 156 Å². The molecule has 5 heteroatoms. The van der Waals surface area contributed by atoms with Crippen LogP contribution in [0.1, 0.15) is 17.5 Å². The van der Waals surface area contributed by atoms with E-state index in [1.165, 1.54) is 11.1 Å². The summed E-state index contributed by atoms with van der Waals surface area (Å²) in [6.45, 7) is 7.78. The molecule has 1 fully saturated rings. The molecule has 0 radical (unpaired) electrons. The number of piperidine rings is 1. The molecule has 1 N–H and O–H groups in total. The lowest BCUT2D eigenvalue weighted by Gasteiger charge is -2.60. The Morgan fingerprint density at radius 2 is 2.08 bits per heavy atom. The quantitative estimate of drug-likeness (QED) is 0.641. The largest absolute Gasteiger partial charge is 0.493 e. The molecule has 1 spiro atoms. The molecule has 26 heavy (non-hydrogen) atoms. The molecule has 2 bridgehead atoms. The maximum atomic E-state index is 11.9. The molecule has 2 heterocycles. The number of likely N-dealkylation sites (N-methyl/N-ethyl adjacent to an activating group) is 1. The Morgan fingerprint density at radius 3 is 2.77 bits per heavy atom. The number of aliphatic hydroxyl groups is 1. The van der Waals surface area contributed by atoms with Crippen LogP contribution >= 0.6 is 0 Å². The van der Waals surface area contributed by atoms with Gasteiger partial charge in [-0.25, -0.2) is 0 Å². The minimum absolute atomic E-state index is 0.127. The van der Waals surface area contributed by atoms with Gasteiger partial charge in [-0.15, -0.1) is 0 Å². The minimum atomic E-state index is -1.94. The van der Waals surface area contributed by atoms with Gasteiger partial charge in [-0.3, -0.25) is 0 Å². The summed E-state index contributed by atoms with van der Waals surface area (Å²) < 4.78 is 12.3. The van der Waals surface area contributed by atoms with E-state index in [4.69, 9.17) is 9.47 Å². The molecule has 0 amide bonds. The molecular formula is C21H29NO3Si. The van der Waals surface area contributed by atoms with Gasteiger partial charge >= 0.3 is 0 Å². The van der Waals surface area contributed by atoms with Gasteiger partial charge in [0.1, 0.15) is 11.3 Å². The predicted octanol–water partition coefficient (Wildman–Crippen LogP) is 2.75. The van der Waals surface area contributed by atoms with E-state index < -0.39 is 13.3 Å². The lowest BCUT2D eigenvalue weighted by atomic mass is 9.53. The highest BCUT2D eigenvalue weighted by molar-refractivity contribution is 6.79. The topological polar surface area (TPSA) is 41.9 Å². The summed E-state index contributed by atoms with van der Waals surface area (Å²) in [5.74, 6) is 2.09. The number of likely N-dealkylation sites (tertiary alicyclic amines) is 1. The molecule has 4 aliphatic rings. The van der Waals surface area contributed by atoms with Crippen LogP contribution in [0.4, 0.5) is 0 Å². The molecule has 4 nitrogen and oxygen atoms in total. The first-order valence-corrected chi connectivity index (χ1v) is 13.2. The van der Waals surface area contributed by atoms with Crippen LogP contribution in [0.2, 0.25) is 19.6 Å². The Hall–Kier alpha value is -1.30. The summed E-state index contributed by atoms with van der Waals surface area (Å²) in [5, 5.41) is 11.0. The number of nitrogens with zero attached hydrogens (tertiary/aromatic N) is 1. The highest BCUT2D eigenvalue weighted by Gasteiger charge is 2.69. The maximum Gasteiger partial charge on any atom is 0.165 e.